The molecule has 1 N–H and O–H groups in total. The fraction of sp³-hybridized carbons (Fsp3) is 0.118. The number of fused-ring (bicyclic) bond motifs is 1. The van der Waals surface area contributed by atoms with Gasteiger partial charge in [-0.05, 0) is 24.1 Å². The summed E-state index contributed by atoms with van der Waals surface area (Å²) in [4.78, 5) is 12.8. The largest absolute Gasteiger partial charge is 0.368 e. The zero-order valence-electron chi connectivity index (χ0n) is 10.6. The van der Waals surface area contributed by atoms with Gasteiger partial charge in [-0.1, -0.05) is 48.5 Å². The standard InChI is InChI=1S/C17H15NO/c1-2-12-17(13-8-4-3-5-9-13)16(19)14-10-6-7-11-15(14)18-17/h2-11,18H,1,12H2. The molecule has 1 aliphatic rings. The van der Waals surface area contributed by atoms with E-state index in [2.05, 4.69) is 11.9 Å². The molecule has 1 atom stereocenters. The minimum atomic E-state index is -0.702. The number of carbonyl (C=O) groups is 1. The number of carbonyl (C=O) groups excluding carboxylic acids is 1. The maximum atomic E-state index is 12.8. The molecule has 0 fully saturated rings. The first-order valence-electron chi connectivity index (χ1n) is 6.36. The van der Waals surface area contributed by atoms with E-state index in [1.54, 1.807) is 6.08 Å². The summed E-state index contributed by atoms with van der Waals surface area (Å²) in [6, 6.07) is 17.5. The first-order valence-corrected chi connectivity index (χ1v) is 6.36. The van der Waals surface area contributed by atoms with Gasteiger partial charge in [-0.3, -0.25) is 4.79 Å². The summed E-state index contributed by atoms with van der Waals surface area (Å²) in [5, 5.41) is 3.39. The van der Waals surface area contributed by atoms with Crippen molar-refractivity contribution >= 4 is 11.5 Å². The van der Waals surface area contributed by atoms with Crippen molar-refractivity contribution in [3.05, 3.63) is 78.4 Å². The van der Waals surface area contributed by atoms with Crippen molar-refractivity contribution in [1.29, 1.82) is 0 Å². The van der Waals surface area contributed by atoms with Crippen molar-refractivity contribution in [2.45, 2.75) is 12.0 Å². The molecule has 2 heteroatoms. The average Bonchev–Trinajstić information content (AvgIpc) is 2.75. The Hall–Kier alpha value is -2.35. The molecule has 1 aliphatic heterocycles. The quantitative estimate of drug-likeness (QED) is 0.839. The molecule has 0 spiro atoms. The molecular weight excluding hydrogens is 234 g/mol. The molecule has 0 saturated heterocycles. The number of nitrogens with one attached hydrogen (secondary N) is 1. The van der Waals surface area contributed by atoms with Crippen LogP contribution in [0, 0.1) is 0 Å². The van der Waals surface area contributed by atoms with Gasteiger partial charge in [0.1, 0.15) is 5.54 Å². The predicted molar refractivity (Wildman–Crippen MR) is 77.3 cm³/mol. The van der Waals surface area contributed by atoms with Crippen LogP contribution in [0.3, 0.4) is 0 Å². The number of hydrogen-bond donors (Lipinski definition) is 1. The van der Waals surface area contributed by atoms with Crippen LogP contribution >= 0.6 is 0 Å². The van der Waals surface area contributed by atoms with Gasteiger partial charge in [0.15, 0.2) is 5.78 Å². The second kappa shape index (κ2) is 4.39. The monoisotopic (exact) mass is 249 g/mol. The SMILES string of the molecule is C=CCC1(c2ccccc2)Nc2ccccc2C1=O. The van der Waals surface area contributed by atoms with Gasteiger partial charge in [-0.15, -0.1) is 6.58 Å². The fourth-order valence-corrected chi connectivity index (χ4v) is 2.71. The highest BCUT2D eigenvalue weighted by atomic mass is 16.1. The van der Waals surface area contributed by atoms with Crippen LogP contribution in [0.5, 0.6) is 0 Å². The third-order valence-corrected chi connectivity index (χ3v) is 3.62. The van der Waals surface area contributed by atoms with Crippen LogP contribution in [0.1, 0.15) is 22.3 Å². The van der Waals surface area contributed by atoms with Gasteiger partial charge >= 0.3 is 0 Å². The number of rotatable bonds is 3. The zero-order valence-corrected chi connectivity index (χ0v) is 10.6. The van der Waals surface area contributed by atoms with E-state index < -0.39 is 5.54 Å². The normalized spacial score (nSPS) is 20.7. The topological polar surface area (TPSA) is 29.1 Å². The number of benzene rings is 2. The summed E-state index contributed by atoms with van der Waals surface area (Å²) in [5.41, 5.74) is 1.94. The minimum Gasteiger partial charge on any atom is -0.368 e. The van der Waals surface area contributed by atoms with E-state index in [0.29, 0.717) is 6.42 Å². The van der Waals surface area contributed by atoms with Crippen LogP contribution in [0.4, 0.5) is 5.69 Å². The molecule has 0 aliphatic carbocycles. The van der Waals surface area contributed by atoms with Gasteiger partial charge in [0.25, 0.3) is 0 Å². The van der Waals surface area contributed by atoms with Crippen LogP contribution in [-0.2, 0) is 5.54 Å². The van der Waals surface area contributed by atoms with Gasteiger partial charge in [0.05, 0.1) is 0 Å². The van der Waals surface area contributed by atoms with Crippen LogP contribution in [-0.4, -0.2) is 5.78 Å². The number of para-hydroxylation sites is 1. The summed E-state index contributed by atoms with van der Waals surface area (Å²) in [6.45, 7) is 3.80. The first kappa shape index (κ1) is 11.7. The van der Waals surface area contributed by atoms with Crippen molar-refractivity contribution < 1.29 is 4.79 Å². The summed E-state index contributed by atoms with van der Waals surface area (Å²) >= 11 is 0. The van der Waals surface area contributed by atoms with Gasteiger partial charge < -0.3 is 5.32 Å². The Morgan fingerprint density at radius 1 is 1.05 bits per heavy atom. The molecule has 2 aromatic carbocycles. The lowest BCUT2D eigenvalue weighted by molar-refractivity contribution is 0.0918. The smallest absolute Gasteiger partial charge is 0.195 e. The third-order valence-electron chi connectivity index (χ3n) is 3.62. The Labute approximate surface area is 112 Å². The Balaban J connectivity index is 2.16. The highest BCUT2D eigenvalue weighted by Crippen LogP contribution is 2.41. The van der Waals surface area contributed by atoms with E-state index in [4.69, 9.17) is 0 Å². The van der Waals surface area contributed by atoms with Crippen LogP contribution in [0.25, 0.3) is 0 Å². The number of hydrogen-bond acceptors (Lipinski definition) is 2. The molecule has 0 bridgehead atoms. The van der Waals surface area contributed by atoms with Gasteiger partial charge in [-0.25, -0.2) is 0 Å². The van der Waals surface area contributed by atoms with E-state index in [-0.39, 0.29) is 5.78 Å². The summed E-state index contributed by atoms with van der Waals surface area (Å²) in [6.07, 6.45) is 2.37. The molecule has 3 rings (SSSR count). The summed E-state index contributed by atoms with van der Waals surface area (Å²) in [7, 11) is 0. The van der Waals surface area contributed by atoms with E-state index >= 15 is 0 Å². The molecule has 19 heavy (non-hydrogen) atoms. The lowest BCUT2D eigenvalue weighted by Crippen LogP contribution is -2.38. The maximum absolute atomic E-state index is 12.8. The molecule has 2 aromatic rings. The summed E-state index contributed by atoms with van der Waals surface area (Å²) < 4.78 is 0. The van der Waals surface area contributed by atoms with Crippen molar-refractivity contribution in [3.8, 4) is 0 Å². The van der Waals surface area contributed by atoms with E-state index in [9.17, 15) is 4.79 Å². The molecular formula is C17H15NO. The maximum Gasteiger partial charge on any atom is 0.195 e. The minimum absolute atomic E-state index is 0.120. The van der Waals surface area contributed by atoms with Crippen molar-refractivity contribution in [2.24, 2.45) is 0 Å². The lowest BCUT2D eigenvalue weighted by Gasteiger charge is -2.28. The Morgan fingerprint density at radius 3 is 2.42 bits per heavy atom. The second-order valence-electron chi connectivity index (χ2n) is 4.76. The fourth-order valence-electron chi connectivity index (χ4n) is 2.71. The first-order chi connectivity index (χ1) is 9.28. The van der Waals surface area contributed by atoms with Crippen molar-refractivity contribution in [3.63, 3.8) is 0 Å². The molecule has 0 saturated carbocycles. The van der Waals surface area contributed by atoms with Crippen LogP contribution in [0.15, 0.2) is 67.3 Å². The number of ketones is 1. The third kappa shape index (κ3) is 1.68. The lowest BCUT2D eigenvalue weighted by atomic mass is 9.83. The molecule has 1 unspecified atom stereocenters. The Kier molecular flexibility index (Phi) is 2.71. The Bertz CT molecular complexity index is 633. The summed E-state index contributed by atoms with van der Waals surface area (Å²) in [5.74, 6) is 0.120. The number of Topliss-reactive ketones (excluding diaryl/α,β-unsaturated/α-hetero) is 1. The average molecular weight is 249 g/mol. The van der Waals surface area contributed by atoms with Gasteiger partial charge in [0, 0.05) is 11.3 Å². The van der Waals surface area contributed by atoms with Gasteiger partial charge in [-0.2, -0.15) is 0 Å². The second-order valence-corrected chi connectivity index (χ2v) is 4.76. The predicted octanol–water partition coefficient (Wildman–Crippen LogP) is 3.77. The van der Waals surface area contributed by atoms with Gasteiger partial charge in [0.2, 0.25) is 0 Å². The highest BCUT2D eigenvalue weighted by molar-refractivity contribution is 6.13. The molecule has 0 amide bonds. The van der Waals surface area contributed by atoms with E-state index in [0.717, 1.165) is 16.8 Å². The van der Waals surface area contributed by atoms with Crippen LogP contribution in [0.2, 0.25) is 0 Å². The molecule has 2 nitrogen and oxygen atoms in total. The van der Waals surface area contributed by atoms with Crippen LogP contribution < -0.4 is 5.32 Å². The molecule has 94 valence electrons. The molecule has 0 radical (unpaired) electrons. The van der Waals surface area contributed by atoms with Crippen molar-refractivity contribution in [1.82, 2.24) is 0 Å². The zero-order chi connectivity index (χ0) is 13.3. The number of anilines is 1. The highest BCUT2D eigenvalue weighted by Gasteiger charge is 2.45. The molecule has 1 heterocycles. The van der Waals surface area contributed by atoms with Crippen molar-refractivity contribution in [2.75, 3.05) is 5.32 Å². The molecule has 0 aromatic heterocycles. The van der Waals surface area contributed by atoms with E-state index in [1.165, 1.54) is 0 Å². The van der Waals surface area contributed by atoms with E-state index in [1.807, 2.05) is 54.6 Å². The Morgan fingerprint density at radius 2 is 1.74 bits per heavy atom.